The van der Waals surface area contributed by atoms with Gasteiger partial charge in [-0.05, 0) is 38.0 Å². The lowest BCUT2D eigenvalue weighted by Gasteiger charge is -2.27. The maximum absolute atomic E-state index is 13.2. The summed E-state index contributed by atoms with van der Waals surface area (Å²) in [5.41, 5.74) is 0.280. The first kappa shape index (κ1) is 23.6. The maximum atomic E-state index is 13.2. The molecule has 0 radical (unpaired) electrons. The smallest absolute Gasteiger partial charge is 0.246 e. The quantitative estimate of drug-likeness (QED) is 0.251. The number of nitrogens with one attached hydrogen (secondary N) is 3. The molecular weight excluding hydrogens is 466 g/mol. The molecule has 9 heteroatoms. The van der Waals surface area contributed by atoms with Gasteiger partial charge in [0, 0.05) is 37.4 Å². The van der Waals surface area contributed by atoms with Gasteiger partial charge >= 0.3 is 0 Å². The summed E-state index contributed by atoms with van der Waals surface area (Å²) in [6.07, 6.45) is 1.53. The van der Waals surface area contributed by atoms with Gasteiger partial charge < -0.3 is 25.8 Å². The Labute approximate surface area is 176 Å². The van der Waals surface area contributed by atoms with Gasteiger partial charge in [0.25, 0.3) is 0 Å². The molecular formula is C18H28FIN4O3. The molecule has 1 aliphatic rings. The fraction of sp³-hybridized carbons (Fsp3) is 0.556. The van der Waals surface area contributed by atoms with Gasteiger partial charge in [0.1, 0.15) is 12.4 Å². The number of amides is 1. The number of benzene rings is 1. The van der Waals surface area contributed by atoms with E-state index in [2.05, 4.69) is 20.9 Å². The van der Waals surface area contributed by atoms with Crippen molar-refractivity contribution in [3.05, 3.63) is 30.1 Å². The summed E-state index contributed by atoms with van der Waals surface area (Å²) >= 11 is 0. The molecule has 0 saturated carbocycles. The highest BCUT2D eigenvalue weighted by atomic mass is 127. The Morgan fingerprint density at radius 2 is 2.22 bits per heavy atom. The summed E-state index contributed by atoms with van der Waals surface area (Å²) < 4.78 is 18.6. The van der Waals surface area contributed by atoms with E-state index in [-0.39, 0.29) is 48.5 Å². The average Bonchev–Trinajstić information content (AvgIpc) is 3.06. The van der Waals surface area contributed by atoms with E-state index in [0.717, 1.165) is 6.42 Å². The molecule has 1 aliphatic heterocycles. The van der Waals surface area contributed by atoms with E-state index in [1.54, 1.807) is 6.07 Å². The Hall–Kier alpha value is -1.46. The van der Waals surface area contributed by atoms with Gasteiger partial charge in [-0.2, -0.15) is 0 Å². The van der Waals surface area contributed by atoms with E-state index in [9.17, 15) is 14.3 Å². The van der Waals surface area contributed by atoms with Gasteiger partial charge in [0.15, 0.2) is 5.96 Å². The average molecular weight is 494 g/mol. The van der Waals surface area contributed by atoms with Crippen molar-refractivity contribution < 1.29 is 19.0 Å². The first-order chi connectivity index (χ1) is 12.6. The van der Waals surface area contributed by atoms with E-state index in [0.29, 0.717) is 44.4 Å². The molecule has 4 N–H and O–H groups in total. The largest absolute Gasteiger partial charge is 0.396 e. The van der Waals surface area contributed by atoms with Crippen LogP contribution in [0.15, 0.2) is 29.3 Å². The van der Waals surface area contributed by atoms with Crippen molar-refractivity contribution in [2.45, 2.75) is 19.8 Å². The number of halogens is 2. The van der Waals surface area contributed by atoms with E-state index in [4.69, 9.17) is 4.74 Å². The number of hydrogen-bond donors (Lipinski definition) is 4. The molecule has 1 aromatic carbocycles. The van der Waals surface area contributed by atoms with Gasteiger partial charge in [-0.3, -0.25) is 4.79 Å². The van der Waals surface area contributed by atoms with E-state index >= 15 is 0 Å². The minimum Gasteiger partial charge on any atom is -0.396 e. The molecule has 0 aliphatic carbocycles. The van der Waals surface area contributed by atoms with E-state index < -0.39 is 5.82 Å². The van der Waals surface area contributed by atoms with Crippen molar-refractivity contribution in [3.63, 3.8) is 0 Å². The summed E-state index contributed by atoms with van der Waals surface area (Å²) in [4.78, 5) is 16.3. The lowest BCUT2D eigenvalue weighted by molar-refractivity contribution is -0.114. The van der Waals surface area contributed by atoms with Crippen LogP contribution in [0.1, 0.15) is 19.8 Å². The second-order valence-corrected chi connectivity index (χ2v) is 6.38. The second-order valence-electron chi connectivity index (χ2n) is 6.38. The standard InChI is InChI=1S/C18H27FN4O3.HI/c1-2-20-17(22-12-18(6-8-24)7-9-26-13-18)21-11-16(25)23-15-5-3-4-14(19)10-15;/h3-5,10,24H,2,6-9,11-13H2,1H3,(H,23,25)(H2,20,21,22);1H. The molecule has 1 unspecified atom stereocenters. The van der Waals surface area contributed by atoms with Crippen LogP contribution >= 0.6 is 24.0 Å². The lowest BCUT2D eigenvalue weighted by Crippen LogP contribution is -2.44. The zero-order chi connectivity index (χ0) is 18.8. The number of hydrogen-bond acceptors (Lipinski definition) is 4. The molecule has 2 rings (SSSR count). The molecule has 0 aromatic heterocycles. The molecule has 1 amide bonds. The third kappa shape index (κ3) is 7.97. The van der Waals surface area contributed by atoms with Crippen LogP contribution in [0.5, 0.6) is 0 Å². The second kappa shape index (κ2) is 12.1. The zero-order valence-corrected chi connectivity index (χ0v) is 17.8. The first-order valence-electron chi connectivity index (χ1n) is 8.83. The number of nitrogens with zero attached hydrogens (tertiary/aromatic N) is 1. The van der Waals surface area contributed by atoms with Gasteiger partial charge in [0.05, 0.1) is 6.61 Å². The van der Waals surface area contributed by atoms with Crippen molar-refractivity contribution in [2.75, 3.05) is 44.8 Å². The Kier molecular flexibility index (Phi) is 10.6. The van der Waals surface area contributed by atoms with Crippen molar-refractivity contribution in [1.29, 1.82) is 0 Å². The number of ether oxygens (including phenoxy) is 1. The first-order valence-corrected chi connectivity index (χ1v) is 8.83. The number of aliphatic hydroxyl groups is 1. The zero-order valence-electron chi connectivity index (χ0n) is 15.5. The Balaban J connectivity index is 0.00000364. The molecule has 1 aromatic rings. The van der Waals surface area contributed by atoms with Gasteiger partial charge in [-0.1, -0.05) is 6.07 Å². The highest BCUT2D eigenvalue weighted by Crippen LogP contribution is 2.31. The highest BCUT2D eigenvalue weighted by Gasteiger charge is 2.34. The van der Waals surface area contributed by atoms with Crippen LogP contribution in [0.2, 0.25) is 0 Å². The molecule has 1 heterocycles. The normalized spacial score (nSPS) is 19.3. The summed E-state index contributed by atoms with van der Waals surface area (Å²) in [5.74, 6) is -0.220. The lowest BCUT2D eigenvalue weighted by atomic mass is 9.84. The number of guanidine groups is 1. The van der Waals surface area contributed by atoms with Crippen molar-refractivity contribution in [1.82, 2.24) is 10.6 Å². The minimum atomic E-state index is -0.408. The van der Waals surface area contributed by atoms with Crippen LogP contribution in [0, 0.1) is 11.2 Å². The molecule has 1 fully saturated rings. The Morgan fingerprint density at radius 1 is 1.41 bits per heavy atom. The van der Waals surface area contributed by atoms with Gasteiger partial charge in [-0.25, -0.2) is 9.38 Å². The highest BCUT2D eigenvalue weighted by molar-refractivity contribution is 14.0. The van der Waals surface area contributed by atoms with Crippen molar-refractivity contribution >= 4 is 41.5 Å². The molecule has 7 nitrogen and oxygen atoms in total. The summed E-state index contributed by atoms with van der Waals surface area (Å²) in [6.45, 7) is 4.49. The fourth-order valence-corrected chi connectivity index (χ4v) is 2.84. The maximum Gasteiger partial charge on any atom is 0.246 e. The van der Waals surface area contributed by atoms with Gasteiger partial charge in [-0.15, -0.1) is 24.0 Å². The molecule has 152 valence electrons. The van der Waals surface area contributed by atoms with E-state index in [1.165, 1.54) is 18.2 Å². The minimum absolute atomic E-state index is 0. The molecule has 0 bridgehead atoms. The number of rotatable bonds is 8. The summed E-state index contributed by atoms with van der Waals surface area (Å²) in [7, 11) is 0. The molecule has 1 saturated heterocycles. The Bertz CT molecular complexity index is 624. The van der Waals surface area contributed by atoms with Crippen molar-refractivity contribution in [2.24, 2.45) is 10.4 Å². The number of carbonyl (C=O) groups excluding carboxylic acids is 1. The Morgan fingerprint density at radius 3 is 2.85 bits per heavy atom. The van der Waals surface area contributed by atoms with Crippen LogP contribution in [0.4, 0.5) is 10.1 Å². The van der Waals surface area contributed by atoms with Crippen LogP contribution in [0.3, 0.4) is 0 Å². The van der Waals surface area contributed by atoms with E-state index in [1.807, 2.05) is 6.92 Å². The van der Waals surface area contributed by atoms with Gasteiger partial charge in [0.2, 0.25) is 5.91 Å². The van der Waals surface area contributed by atoms with Crippen molar-refractivity contribution in [3.8, 4) is 0 Å². The number of aliphatic hydroxyl groups excluding tert-OH is 1. The third-order valence-corrected chi connectivity index (χ3v) is 4.29. The topological polar surface area (TPSA) is 95.0 Å². The van der Waals surface area contributed by atoms with Crippen LogP contribution in [-0.2, 0) is 9.53 Å². The summed E-state index contributed by atoms with van der Waals surface area (Å²) in [6, 6.07) is 5.72. The number of anilines is 1. The SMILES string of the molecule is CCNC(=NCC(=O)Nc1cccc(F)c1)NCC1(CCO)CCOC1.I. The predicted octanol–water partition coefficient (Wildman–Crippen LogP) is 1.73. The predicted molar refractivity (Wildman–Crippen MR) is 114 cm³/mol. The summed E-state index contributed by atoms with van der Waals surface area (Å²) in [5, 5.41) is 18.2. The third-order valence-electron chi connectivity index (χ3n) is 4.29. The number of carbonyl (C=O) groups is 1. The monoisotopic (exact) mass is 494 g/mol. The fourth-order valence-electron chi connectivity index (χ4n) is 2.84. The van der Waals surface area contributed by atoms with Crippen LogP contribution in [0.25, 0.3) is 0 Å². The molecule has 0 spiro atoms. The van der Waals surface area contributed by atoms with Crippen LogP contribution < -0.4 is 16.0 Å². The molecule has 1 atom stereocenters. The molecule has 27 heavy (non-hydrogen) atoms. The van der Waals surface area contributed by atoms with Crippen LogP contribution in [-0.4, -0.2) is 56.4 Å². The number of aliphatic imine (C=N–C) groups is 1.